The zero-order valence-corrected chi connectivity index (χ0v) is 17.7. The Bertz CT molecular complexity index is 1110. The second-order valence-electron chi connectivity index (χ2n) is 7.09. The van der Waals surface area contributed by atoms with Crippen LogP contribution in [0, 0.1) is 18.6 Å². The van der Waals surface area contributed by atoms with Crippen molar-refractivity contribution in [1.29, 1.82) is 0 Å². The minimum absolute atomic E-state index is 0.270. The highest BCUT2D eigenvalue weighted by molar-refractivity contribution is 5.94. The summed E-state index contributed by atoms with van der Waals surface area (Å²) in [4.78, 5) is 26.3. The maximum atomic E-state index is 13.5. The van der Waals surface area contributed by atoms with E-state index in [1.165, 1.54) is 17.2 Å². The Kier molecular flexibility index (Phi) is 6.48. The van der Waals surface area contributed by atoms with Crippen molar-refractivity contribution >= 4 is 11.9 Å². The van der Waals surface area contributed by atoms with E-state index in [2.05, 4.69) is 5.10 Å². The molecule has 0 aliphatic rings. The molecule has 3 aromatic rings. The van der Waals surface area contributed by atoms with Crippen molar-refractivity contribution in [2.75, 3.05) is 13.7 Å². The van der Waals surface area contributed by atoms with E-state index >= 15 is 0 Å². The number of carbonyl (C=O) groups excluding carboxylic acids is 2. The predicted molar refractivity (Wildman–Crippen MR) is 111 cm³/mol. The molecular weight excluding hydrogens is 404 g/mol. The van der Waals surface area contributed by atoms with Gasteiger partial charge in [-0.05, 0) is 62.7 Å². The Morgan fingerprint density at radius 2 is 1.81 bits per heavy atom. The number of esters is 1. The van der Waals surface area contributed by atoms with Gasteiger partial charge in [0.05, 0.1) is 30.2 Å². The number of hydrogen-bond donors (Lipinski definition) is 0. The molecular formula is C23H23F2N3O3. The van der Waals surface area contributed by atoms with Crippen molar-refractivity contribution in [3.05, 3.63) is 82.7 Å². The monoisotopic (exact) mass is 427 g/mol. The maximum absolute atomic E-state index is 13.5. The van der Waals surface area contributed by atoms with Crippen LogP contribution in [0.15, 0.2) is 48.7 Å². The van der Waals surface area contributed by atoms with Crippen molar-refractivity contribution < 1.29 is 23.1 Å². The van der Waals surface area contributed by atoms with Crippen LogP contribution in [0.5, 0.6) is 0 Å². The summed E-state index contributed by atoms with van der Waals surface area (Å²) in [5.41, 5.74) is 2.60. The molecule has 1 aromatic heterocycles. The van der Waals surface area contributed by atoms with E-state index in [0.717, 1.165) is 12.1 Å². The largest absolute Gasteiger partial charge is 0.462 e. The Morgan fingerprint density at radius 3 is 2.42 bits per heavy atom. The van der Waals surface area contributed by atoms with Gasteiger partial charge < -0.3 is 9.64 Å². The summed E-state index contributed by atoms with van der Waals surface area (Å²) >= 11 is 0. The summed E-state index contributed by atoms with van der Waals surface area (Å²) in [6.45, 7) is 5.51. The first-order valence-electron chi connectivity index (χ1n) is 9.78. The molecule has 0 saturated carbocycles. The van der Waals surface area contributed by atoms with Crippen molar-refractivity contribution in [3.63, 3.8) is 0 Å². The second kappa shape index (κ2) is 9.07. The SMILES string of the molecule is CCOC(=O)c1cnn(-c2ccc(C(=O)N(C)C(C)c3ccc(F)c(F)c3)cc2)c1C. The molecule has 162 valence electrons. The third-order valence-corrected chi connectivity index (χ3v) is 5.19. The Balaban J connectivity index is 1.78. The molecule has 0 bridgehead atoms. The molecule has 8 heteroatoms. The van der Waals surface area contributed by atoms with E-state index in [1.807, 2.05) is 0 Å². The molecule has 2 aromatic carbocycles. The summed E-state index contributed by atoms with van der Waals surface area (Å²) < 4.78 is 33.3. The average molecular weight is 427 g/mol. The van der Waals surface area contributed by atoms with E-state index in [1.54, 1.807) is 56.8 Å². The maximum Gasteiger partial charge on any atom is 0.341 e. The van der Waals surface area contributed by atoms with Crippen molar-refractivity contribution in [2.45, 2.75) is 26.8 Å². The molecule has 0 spiro atoms. The second-order valence-corrected chi connectivity index (χ2v) is 7.09. The van der Waals surface area contributed by atoms with Gasteiger partial charge in [0.25, 0.3) is 5.91 Å². The van der Waals surface area contributed by atoms with Gasteiger partial charge in [-0.25, -0.2) is 18.3 Å². The number of amides is 1. The lowest BCUT2D eigenvalue weighted by Gasteiger charge is -2.25. The number of aromatic nitrogens is 2. The van der Waals surface area contributed by atoms with Crippen LogP contribution in [0.3, 0.4) is 0 Å². The van der Waals surface area contributed by atoms with E-state index in [9.17, 15) is 18.4 Å². The van der Waals surface area contributed by atoms with Crippen LogP contribution >= 0.6 is 0 Å². The van der Waals surface area contributed by atoms with Gasteiger partial charge >= 0.3 is 5.97 Å². The zero-order chi connectivity index (χ0) is 22.7. The molecule has 1 heterocycles. The highest BCUT2D eigenvalue weighted by Gasteiger charge is 2.21. The molecule has 0 saturated heterocycles. The number of ether oxygens (including phenoxy) is 1. The minimum atomic E-state index is -0.952. The van der Waals surface area contributed by atoms with Crippen LogP contribution in [0.4, 0.5) is 8.78 Å². The third-order valence-electron chi connectivity index (χ3n) is 5.19. The fourth-order valence-electron chi connectivity index (χ4n) is 3.20. The van der Waals surface area contributed by atoms with Crippen molar-refractivity contribution in [2.24, 2.45) is 0 Å². The van der Waals surface area contributed by atoms with Crippen LogP contribution in [-0.4, -0.2) is 40.2 Å². The molecule has 1 unspecified atom stereocenters. The van der Waals surface area contributed by atoms with Crippen LogP contribution in [0.1, 0.15) is 51.9 Å². The minimum Gasteiger partial charge on any atom is -0.462 e. The first-order valence-corrected chi connectivity index (χ1v) is 9.78. The normalized spacial score (nSPS) is 11.8. The van der Waals surface area contributed by atoms with Crippen LogP contribution in [-0.2, 0) is 4.74 Å². The van der Waals surface area contributed by atoms with Crippen LogP contribution in [0.25, 0.3) is 5.69 Å². The summed E-state index contributed by atoms with van der Waals surface area (Å²) in [7, 11) is 1.60. The quantitative estimate of drug-likeness (QED) is 0.545. The smallest absolute Gasteiger partial charge is 0.341 e. The topological polar surface area (TPSA) is 64.4 Å². The summed E-state index contributed by atoms with van der Waals surface area (Å²) in [5.74, 6) is -2.59. The highest BCUT2D eigenvalue weighted by Crippen LogP contribution is 2.23. The lowest BCUT2D eigenvalue weighted by molar-refractivity contribution is 0.0525. The number of nitrogens with zero attached hydrogens (tertiary/aromatic N) is 3. The average Bonchev–Trinajstić information content (AvgIpc) is 3.15. The van der Waals surface area contributed by atoms with Crippen molar-refractivity contribution in [1.82, 2.24) is 14.7 Å². The molecule has 6 nitrogen and oxygen atoms in total. The van der Waals surface area contributed by atoms with Gasteiger partial charge in [-0.3, -0.25) is 4.79 Å². The molecule has 0 radical (unpaired) electrons. The number of carbonyl (C=O) groups is 2. The summed E-state index contributed by atoms with van der Waals surface area (Å²) in [6, 6.07) is 9.88. The first kappa shape index (κ1) is 22.1. The van der Waals surface area contributed by atoms with Gasteiger partial charge in [0.15, 0.2) is 11.6 Å². The highest BCUT2D eigenvalue weighted by atomic mass is 19.2. The molecule has 3 rings (SSSR count). The number of rotatable bonds is 6. The fraction of sp³-hybridized carbons (Fsp3) is 0.261. The van der Waals surface area contributed by atoms with Gasteiger partial charge in [-0.15, -0.1) is 0 Å². The van der Waals surface area contributed by atoms with E-state index in [4.69, 9.17) is 4.74 Å². The fourth-order valence-corrected chi connectivity index (χ4v) is 3.20. The molecule has 31 heavy (non-hydrogen) atoms. The van der Waals surface area contributed by atoms with E-state index < -0.39 is 23.6 Å². The Labute approximate surface area is 179 Å². The molecule has 1 atom stereocenters. The lowest BCUT2D eigenvalue weighted by atomic mass is 10.1. The number of hydrogen-bond acceptors (Lipinski definition) is 4. The Hall–Kier alpha value is -3.55. The first-order chi connectivity index (χ1) is 14.7. The molecule has 0 N–H and O–H groups in total. The molecule has 0 aliphatic carbocycles. The molecule has 0 fully saturated rings. The van der Waals surface area contributed by atoms with Gasteiger partial charge in [-0.2, -0.15) is 5.10 Å². The van der Waals surface area contributed by atoms with Gasteiger partial charge in [0.1, 0.15) is 5.56 Å². The van der Waals surface area contributed by atoms with Crippen molar-refractivity contribution in [3.8, 4) is 5.69 Å². The summed E-state index contributed by atoms with van der Waals surface area (Å²) in [6.07, 6.45) is 1.45. The summed E-state index contributed by atoms with van der Waals surface area (Å²) in [5, 5.41) is 4.24. The van der Waals surface area contributed by atoms with Gasteiger partial charge in [-0.1, -0.05) is 6.07 Å². The number of benzene rings is 2. The predicted octanol–water partition coefficient (Wildman–Crippen LogP) is 4.47. The van der Waals surface area contributed by atoms with Gasteiger partial charge in [0, 0.05) is 12.6 Å². The van der Waals surface area contributed by atoms with E-state index in [-0.39, 0.29) is 12.5 Å². The lowest BCUT2D eigenvalue weighted by Crippen LogP contribution is -2.29. The zero-order valence-electron chi connectivity index (χ0n) is 17.7. The Morgan fingerprint density at radius 1 is 1.13 bits per heavy atom. The molecule has 1 amide bonds. The van der Waals surface area contributed by atoms with E-state index in [0.29, 0.717) is 28.1 Å². The van der Waals surface area contributed by atoms with Gasteiger partial charge in [0.2, 0.25) is 0 Å². The standard InChI is InChI=1S/C23H23F2N3O3/c1-5-31-23(30)19-13-26-28(15(19)3)18-9-6-16(7-10-18)22(29)27(4)14(2)17-8-11-20(24)21(25)12-17/h6-14H,5H2,1-4H3. The van der Waals surface area contributed by atoms with Crippen LogP contribution in [0.2, 0.25) is 0 Å². The van der Waals surface area contributed by atoms with Crippen LogP contribution < -0.4 is 0 Å². The molecule has 0 aliphatic heterocycles. The number of halogens is 2. The third kappa shape index (κ3) is 4.47.